The Labute approximate surface area is 108 Å². The topological polar surface area (TPSA) is 12.0 Å². The lowest BCUT2D eigenvalue weighted by Crippen LogP contribution is -2.22. The lowest BCUT2D eigenvalue weighted by molar-refractivity contribution is 0.481. The van der Waals surface area contributed by atoms with Crippen molar-refractivity contribution in [1.82, 2.24) is 5.32 Å². The maximum absolute atomic E-state index is 3.51. The van der Waals surface area contributed by atoms with Crippen LogP contribution in [0.15, 0.2) is 28.7 Å². The summed E-state index contributed by atoms with van der Waals surface area (Å²) in [6, 6.07) is 8.61. The lowest BCUT2D eigenvalue weighted by Gasteiger charge is -2.12. The van der Waals surface area contributed by atoms with Gasteiger partial charge in [-0.2, -0.15) is 0 Å². The Bertz CT molecular complexity index is 299. The molecular weight excluding hydrogens is 262 g/mol. The highest BCUT2D eigenvalue weighted by atomic mass is 79.9. The van der Waals surface area contributed by atoms with E-state index in [9.17, 15) is 0 Å². The number of hydrogen-bond acceptors (Lipinski definition) is 1. The lowest BCUT2D eigenvalue weighted by atomic mass is 10.0. The van der Waals surface area contributed by atoms with Crippen LogP contribution in [-0.4, -0.2) is 13.1 Å². The van der Waals surface area contributed by atoms with E-state index in [0.29, 0.717) is 0 Å². The Morgan fingerprint density at radius 2 is 2.19 bits per heavy atom. The van der Waals surface area contributed by atoms with Crippen LogP contribution in [-0.2, 0) is 6.42 Å². The fraction of sp³-hybridized carbons (Fsp3) is 0.571. The molecular formula is C14H22BrN. The zero-order chi connectivity index (χ0) is 11.8. The minimum atomic E-state index is 0.755. The third kappa shape index (κ3) is 5.66. The molecule has 0 saturated carbocycles. The van der Waals surface area contributed by atoms with Crippen molar-refractivity contribution in [3.8, 4) is 0 Å². The van der Waals surface area contributed by atoms with E-state index < -0.39 is 0 Å². The van der Waals surface area contributed by atoms with Crippen LogP contribution >= 0.6 is 15.9 Å². The molecule has 1 aromatic carbocycles. The van der Waals surface area contributed by atoms with Gasteiger partial charge in [0.1, 0.15) is 0 Å². The molecule has 0 heterocycles. The molecule has 1 rings (SSSR count). The summed E-state index contributed by atoms with van der Waals surface area (Å²) in [4.78, 5) is 0. The first-order chi connectivity index (χ1) is 7.72. The normalized spacial score (nSPS) is 12.7. The molecule has 0 aliphatic rings. The fourth-order valence-corrected chi connectivity index (χ4v) is 2.18. The van der Waals surface area contributed by atoms with Crippen LogP contribution in [0.25, 0.3) is 0 Å². The van der Waals surface area contributed by atoms with Crippen LogP contribution in [0.4, 0.5) is 0 Å². The Morgan fingerprint density at radius 1 is 1.38 bits per heavy atom. The predicted octanol–water partition coefficient (Wildman–Crippen LogP) is 4.02. The minimum Gasteiger partial charge on any atom is -0.316 e. The van der Waals surface area contributed by atoms with Crippen molar-refractivity contribution in [1.29, 1.82) is 0 Å². The summed E-state index contributed by atoms with van der Waals surface area (Å²) in [5.74, 6) is 0.755. The Kier molecular flexibility index (Phi) is 6.74. The van der Waals surface area contributed by atoms with Crippen molar-refractivity contribution in [2.24, 2.45) is 5.92 Å². The molecule has 0 saturated heterocycles. The molecule has 0 fully saturated rings. The first-order valence-electron chi connectivity index (χ1n) is 6.17. The summed E-state index contributed by atoms with van der Waals surface area (Å²) < 4.78 is 1.18. The Balaban J connectivity index is 2.23. The molecule has 0 aliphatic carbocycles. The molecule has 0 radical (unpaired) electrons. The number of aryl methyl sites for hydroxylation is 1. The van der Waals surface area contributed by atoms with Gasteiger partial charge in [-0.05, 0) is 56.0 Å². The van der Waals surface area contributed by atoms with E-state index in [1.807, 2.05) is 0 Å². The average molecular weight is 284 g/mol. The van der Waals surface area contributed by atoms with Gasteiger partial charge in [0.2, 0.25) is 0 Å². The second-order valence-corrected chi connectivity index (χ2v) is 5.39. The van der Waals surface area contributed by atoms with Gasteiger partial charge >= 0.3 is 0 Å². The Hall–Kier alpha value is -0.340. The quantitative estimate of drug-likeness (QED) is 0.746. The van der Waals surface area contributed by atoms with Crippen molar-refractivity contribution in [3.63, 3.8) is 0 Å². The van der Waals surface area contributed by atoms with E-state index in [2.05, 4.69) is 59.4 Å². The van der Waals surface area contributed by atoms with Crippen LogP contribution in [0, 0.1) is 5.92 Å². The summed E-state index contributed by atoms with van der Waals surface area (Å²) in [5.41, 5.74) is 1.43. The van der Waals surface area contributed by atoms with Crippen LogP contribution in [0.2, 0.25) is 0 Å². The van der Waals surface area contributed by atoms with Crippen molar-refractivity contribution in [2.45, 2.75) is 33.1 Å². The van der Waals surface area contributed by atoms with Crippen molar-refractivity contribution >= 4 is 15.9 Å². The number of halogens is 1. The molecule has 1 N–H and O–H groups in total. The Morgan fingerprint density at radius 3 is 2.88 bits per heavy atom. The molecule has 1 atom stereocenters. The third-order valence-electron chi connectivity index (χ3n) is 2.73. The second-order valence-electron chi connectivity index (χ2n) is 4.48. The van der Waals surface area contributed by atoms with E-state index in [0.717, 1.165) is 19.0 Å². The fourth-order valence-electron chi connectivity index (χ4n) is 1.73. The monoisotopic (exact) mass is 283 g/mol. The smallest absolute Gasteiger partial charge is 0.0177 e. The summed E-state index contributed by atoms with van der Waals surface area (Å²) in [5, 5.41) is 3.47. The van der Waals surface area contributed by atoms with Crippen LogP contribution in [0.1, 0.15) is 32.3 Å². The molecule has 0 amide bonds. The van der Waals surface area contributed by atoms with Gasteiger partial charge in [-0.3, -0.25) is 0 Å². The van der Waals surface area contributed by atoms with Crippen molar-refractivity contribution in [2.75, 3.05) is 13.1 Å². The minimum absolute atomic E-state index is 0.755. The maximum Gasteiger partial charge on any atom is 0.0177 e. The molecule has 1 unspecified atom stereocenters. The highest BCUT2D eigenvalue weighted by Gasteiger charge is 2.02. The van der Waals surface area contributed by atoms with Gasteiger partial charge in [0.05, 0.1) is 0 Å². The van der Waals surface area contributed by atoms with E-state index >= 15 is 0 Å². The number of hydrogen-bond donors (Lipinski definition) is 1. The SMILES string of the molecule is CCCNCC(C)CCc1cccc(Br)c1. The summed E-state index contributed by atoms with van der Waals surface area (Å²) in [6.45, 7) is 6.81. The van der Waals surface area contributed by atoms with Crippen molar-refractivity contribution in [3.05, 3.63) is 34.3 Å². The highest BCUT2D eigenvalue weighted by Crippen LogP contribution is 2.14. The molecule has 1 nitrogen and oxygen atoms in total. The average Bonchev–Trinajstić information content (AvgIpc) is 2.27. The summed E-state index contributed by atoms with van der Waals surface area (Å²) >= 11 is 3.51. The highest BCUT2D eigenvalue weighted by molar-refractivity contribution is 9.10. The van der Waals surface area contributed by atoms with Gasteiger partial charge in [-0.15, -0.1) is 0 Å². The van der Waals surface area contributed by atoms with Gasteiger partial charge in [-0.25, -0.2) is 0 Å². The summed E-state index contributed by atoms with van der Waals surface area (Å²) in [6.07, 6.45) is 3.65. The maximum atomic E-state index is 3.51. The molecule has 2 heteroatoms. The number of nitrogens with one attached hydrogen (secondary N) is 1. The van der Waals surface area contributed by atoms with Gasteiger partial charge in [0, 0.05) is 4.47 Å². The van der Waals surface area contributed by atoms with Gasteiger partial charge < -0.3 is 5.32 Å². The second kappa shape index (κ2) is 7.86. The standard InChI is InChI=1S/C14H22BrN/c1-3-9-16-11-12(2)7-8-13-5-4-6-14(15)10-13/h4-6,10,12,16H,3,7-9,11H2,1-2H3. The number of benzene rings is 1. The number of rotatable bonds is 7. The first kappa shape index (κ1) is 13.7. The summed E-state index contributed by atoms with van der Waals surface area (Å²) in [7, 11) is 0. The first-order valence-corrected chi connectivity index (χ1v) is 6.96. The van der Waals surface area contributed by atoms with Gasteiger partial charge in [0.25, 0.3) is 0 Å². The van der Waals surface area contributed by atoms with Gasteiger partial charge in [-0.1, -0.05) is 41.9 Å². The largest absolute Gasteiger partial charge is 0.316 e. The molecule has 90 valence electrons. The zero-order valence-corrected chi connectivity index (χ0v) is 11.9. The molecule has 0 spiro atoms. The van der Waals surface area contributed by atoms with Gasteiger partial charge in [0.15, 0.2) is 0 Å². The van der Waals surface area contributed by atoms with Crippen LogP contribution < -0.4 is 5.32 Å². The molecule has 1 aromatic rings. The molecule has 0 bridgehead atoms. The predicted molar refractivity (Wildman–Crippen MR) is 74.8 cm³/mol. The molecule has 0 aromatic heterocycles. The molecule has 0 aliphatic heterocycles. The van der Waals surface area contributed by atoms with Crippen LogP contribution in [0.5, 0.6) is 0 Å². The zero-order valence-electron chi connectivity index (χ0n) is 10.3. The van der Waals surface area contributed by atoms with E-state index in [-0.39, 0.29) is 0 Å². The van der Waals surface area contributed by atoms with E-state index in [1.165, 1.54) is 29.3 Å². The van der Waals surface area contributed by atoms with E-state index in [4.69, 9.17) is 0 Å². The van der Waals surface area contributed by atoms with Crippen LogP contribution in [0.3, 0.4) is 0 Å². The third-order valence-corrected chi connectivity index (χ3v) is 3.23. The van der Waals surface area contributed by atoms with E-state index in [1.54, 1.807) is 0 Å². The van der Waals surface area contributed by atoms with Crippen molar-refractivity contribution < 1.29 is 0 Å². The molecule has 16 heavy (non-hydrogen) atoms.